The molecule has 0 spiro atoms. The summed E-state index contributed by atoms with van der Waals surface area (Å²) in [7, 11) is 3.76. The molecule has 2 aliphatic rings. The molecule has 0 aliphatic carbocycles. The number of anilines is 1. The lowest BCUT2D eigenvalue weighted by Gasteiger charge is -2.43. The molecular weight excluding hydrogens is 518 g/mol. The van der Waals surface area contributed by atoms with Crippen LogP contribution in [0.5, 0.6) is 5.75 Å². The van der Waals surface area contributed by atoms with Gasteiger partial charge in [-0.15, -0.1) is 0 Å². The Bertz CT molecular complexity index is 1760. The summed E-state index contributed by atoms with van der Waals surface area (Å²) in [6.07, 6.45) is 5.36. The molecule has 2 aliphatic heterocycles. The normalized spacial score (nSPS) is 18.0. The lowest BCUT2D eigenvalue weighted by atomic mass is 10.1. The number of rotatable bonds is 5. The smallest absolute Gasteiger partial charge is 0.206 e. The number of pyridine rings is 3. The highest BCUT2D eigenvalue weighted by Gasteiger charge is 2.32. The van der Waals surface area contributed by atoms with Gasteiger partial charge in [0, 0.05) is 62.8 Å². The third kappa shape index (κ3) is 4.31. The summed E-state index contributed by atoms with van der Waals surface area (Å²) in [5.41, 5.74) is 6.37. The van der Waals surface area contributed by atoms with Crippen molar-refractivity contribution < 1.29 is 9.47 Å². The SMILES string of the molecule is COc1ccncc1-c1cc2c(cnn2-c2cc3c(nc(N4CCN5CCOC[C@H]5C4)n3C)c(C(C)C)n2)c(C)n1. The van der Waals surface area contributed by atoms with Crippen LogP contribution in [0.25, 0.3) is 39.0 Å². The van der Waals surface area contributed by atoms with E-state index in [9.17, 15) is 0 Å². The van der Waals surface area contributed by atoms with Gasteiger partial charge in [0.05, 0.1) is 60.5 Å². The monoisotopic (exact) mass is 553 g/mol. The average Bonchev–Trinajstić information content (AvgIpc) is 3.58. The number of nitrogens with zero attached hydrogens (tertiary/aromatic N) is 9. The predicted molar refractivity (Wildman–Crippen MR) is 158 cm³/mol. The van der Waals surface area contributed by atoms with Crippen LogP contribution in [0, 0.1) is 6.92 Å². The van der Waals surface area contributed by atoms with E-state index in [2.05, 4.69) is 46.3 Å². The van der Waals surface area contributed by atoms with Crippen LogP contribution >= 0.6 is 0 Å². The number of piperazine rings is 1. The van der Waals surface area contributed by atoms with Gasteiger partial charge in [0.2, 0.25) is 5.95 Å². The van der Waals surface area contributed by atoms with E-state index in [1.165, 1.54) is 0 Å². The van der Waals surface area contributed by atoms with Gasteiger partial charge in [0.15, 0.2) is 5.82 Å². The van der Waals surface area contributed by atoms with E-state index in [1.807, 2.05) is 29.9 Å². The Labute approximate surface area is 238 Å². The molecule has 0 unspecified atom stereocenters. The van der Waals surface area contributed by atoms with Gasteiger partial charge in [-0.25, -0.2) is 14.6 Å². The summed E-state index contributed by atoms with van der Waals surface area (Å²) in [5.74, 6) is 2.64. The third-order valence-electron chi connectivity index (χ3n) is 8.38. The lowest BCUT2D eigenvalue weighted by molar-refractivity contribution is -0.0119. The van der Waals surface area contributed by atoms with Crippen LogP contribution in [0.15, 0.2) is 36.8 Å². The zero-order valence-corrected chi connectivity index (χ0v) is 24.2. The van der Waals surface area contributed by atoms with E-state index in [0.29, 0.717) is 6.04 Å². The number of aryl methyl sites for hydroxylation is 2. The van der Waals surface area contributed by atoms with Crippen molar-refractivity contribution in [1.29, 1.82) is 0 Å². The van der Waals surface area contributed by atoms with Gasteiger partial charge < -0.3 is 18.9 Å². The summed E-state index contributed by atoms with van der Waals surface area (Å²) in [4.78, 5) is 24.4. The van der Waals surface area contributed by atoms with Crippen molar-refractivity contribution in [3.63, 3.8) is 0 Å². The van der Waals surface area contributed by atoms with Crippen molar-refractivity contribution in [3.8, 4) is 22.8 Å². The summed E-state index contributed by atoms with van der Waals surface area (Å²) in [5, 5.41) is 5.77. The molecule has 0 N–H and O–H groups in total. The van der Waals surface area contributed by atoms with Gasteiger partial charge in [-0.2, -0.15) is 5.10 Å². The number of imidazole rings is 1. The lowest BCUT2D eigenvalue weighted by Crippen LogP contribution is -2.58. The van der Waals surface area contributed by atoms with E-state index >= 15 is 0 Å². The molecule has 11 nitrogen and oxygen atoms in total. The molecule has 0 aromatic carbocycles. The van der Waals surface area contributed by atoms with Crippen LogP contribution in [-0.2, 0) is 11.8 Å². The van der Waals surface area contributed by atoms with Crippen molar-refractivity contribution in [2.75, 3.05) is 51.4 Å². The van der Waals surface area contributed by atoms with Crippen LogP contribution in [0.4, 0.5) is 5.95 Å². The van der Waals surface area contributed by atoms with Gasteiger partial charge >= 0.3 is 0 Å². The molecule has 5 aromatic rings. The first kappa shape index (κ1) is 25.8. The predicted octanol–water partition coefficient (Wildman–Crippen LogP) is 3.73. The number of morpholine rings is 1. The third-order valence-corrected chi connectivity index (χ3v) is 8.38. The average molecular weight is 554 g/mol. The second-order valence-corrected chi connectivity index (χ2v) is 11.2. The Morgan fingerprint density at radius 2 is 1.93 bits per heavy atom. The highest BCUT2D eigenvalue weighted by Crippen LogP contribution is 2.33. The molecule has 0 amide bonds. The van der Waals surface area contributed by atoms with E-state index in [0.717, 1.165) is 101 Å². The van der Waals surface area contributed by atoms with Crippen LogP contribution in [0.1, 0.15) is 31.2 Å². The molecule has 7 rings (SSSR count). The Balaban J connectivity index is 1.35. The first-order valence-electron chi connectivity index (χ1n) is 14.2. The van der Waals surface area contributed by atoms with E-state index in [-0.39, 0.29) is 5.92 Å². The van der Waals surface area contributed by atoms with E-state index in [1.54, 1.807) is 19.5 Å². The van der Waals surface area contributed by atoms with Crippen molar-refractivity contribution >= 4 is 27.9 Å². The quantitative estimate of drug-likeness (QED) is 0.322. The zero-order chi connectivity index (χ0) is 28.2. The van der Waals surface area contributed by atoms with Crippen LogP contribution in [0.3, 0.4) is 0 Å². The summed E-state index contributed by atoms with van der Waals surface area (Å²) in [6.45, 7) is 11.8. The Morgan fingerprint density at radius 3 is 2.76 bits per heavy atom. The Hall–Kier alpha value is -4.09. The maximum absolute atomic E-state index is 5.78. The molecule has 0 saturated carbocycles. The van der Waals surface area contributed by atoms with Gasteiger partial charge in [0.1, 0.15) is 11.3 Å². The minimum Gasteiger partial charge on any atom is -0.496 e. The Kier molecular flexibility index (Phi) is 6.35. The topological polar surface area (TPSA) is 99.2 Å². The van der Waals surface area contributed by atoms with E-state index < -0.39 is 0 Å². The van der Waals surface area contributed by atoms with Gasteiger partial charge in [-0.05, 0) is 25.0 Å². The fourth-order valence-electron chi connectivity index (χ4n) is 6.16. The summed E-state index contributed by atoms with van der Waals surface area (Å²) >= 11 is 0. The Morgan fingerprint density at radius 1 is 1.05 bits per heavy atom. The second kappa shape index (κ2) is 10.1. The molecule has 41 heavy (non-hydrogen) atoms. The second-order valence-electron chi connectivity index (χ2n) is 11.2. The maximum atomic E-state index is 5.78. The van der Waals surface area contributed by atoms with E-state index in [4.69, 9.17) is 29.5 Å². The standard InChI is InChI=1S/C30H35N9O2/c1-18(2)28-29-25(36(4)30(35-29)38-9-8-37-10-11-41-17-20(37)16-38)13-27(34-28)39-24-12-23(33-19(3)21(24)15-32-39)22-14-31-7-6-26(22)40-5/h6-7,12-15,18,20H,8-11,16-17H2,1-5H3/t20-/m1/s1. The van der Waals surface area contributed by atoms with Crippen molar-refractivity contribution in [3.05, 3.63) is 48.2 Å². The zero-order valence-electron chi connectivity index (χ0n) is 24.2. The molecule has 0 radical (unpaired) electrons. The number of fused-ring (bicyclic) bond motifs is 3. The minimum atomic E-state index is 0.184. The molecule has 1 atom stereocenters. The summed E-state index contributed by atoms with van der Waals surface area (Å²) in [6, 6.07) is 6.38. The molecule has 7 heterocycles. The molecule has 5 aromatic heterocycles. The number of hydrogen-bond acceptors (Lipinski definition) is 9. The van der Waals surface area contributed by atoms with Crippen molar-refractivity contribution in [2.24, 2.45) is 7.05 Å². The first-order valence-corrected chi connectivity index (χ1v) is 14.2. The fraction of sp³-hybridized carbons (Fsp3) is 0.433. The molecule has 212 valence electrons. The molecule has 2 saturated heterocycles. The molecule has 2 fully saturated rings. The summed E-state index contributed by atoms with van der Waals surface area (Å²) < 4.78 is 15.5. The fourth-order valence-corrected chi connectivity index (χ4v) is 6.16. The number of ether oxygens (including phenoxy) is 2. The van der Waals surface area contributed by atoms with Gasteiger partial charge in [-0.1, -0.05) is 13.8 Å². The number of hydrogen-bond donors (Lipinski definition) is 0. The van der Waals surface area contributed by atoms with Crippen LogP contribution < -0.4 is 9.64 Å². The van der Waals surface area contributed by atoms with Gasteiger partial charge in [0.25, 0.3) is 0 Å². The number of aromatic nitrogens is 7. The molecule has 0 bridgehead atoms. The first-order chi connectivity index (χ1) is 19.9. The molecular formula is C30H35N9O2. The molecule has 11 heteroatoms. The number of methoxy groups -OCH3 is 1. The highest BCUT2D eigenvalue weighted by molar-refractivity contribution is 5.88. The van der Waals surface area contributed by atoms with Crippen LogP contribution in [0.2, 0.25) is 0 Å². The largest absolute Gasteiger partial charge is 0.496 e. The van der Waals surface area contributed by atoms with Crippen molar-refractivity contribution in [2.45, 2.75) is 32.7 Å². The van der Waals surface area contributed by atoms with Crippen LogP contribution in [-0.4, -0.2) is 91.7 Å². The maximum Gasteiger partial charge on any atom is 0.206 e. The highest BCUT2D eigenvalue weighted by atomic mass is 16.5. The van der Waals surface area contributed by atoms with Gasteiger partial charge in [-0.3, -0.25) is 14.9 Å². The minimum absolute atomic E-state index is 0.184. The van der Waals surface area contributed by atoms with Crippen molar-refractivity contribution in [1.82, 2.24) is 39.2 Å².